The molecule has 0 spiro atoms. The van der Waals surface area contributed by atoms with Gasteiger partial charge in [-0.3, -0.25) is 5.41 Å². The molecule has 0 radical (unpaired) electrons. The lowest BCUT2D eigenvalue weighted by Gasteiger charge is -2.22. The van der Waals surface area contributed by atoms with Gasteiger partial charge in [-0.2, -0.15) is 0 Å². The van der Waals surface area contributed by atoms with Crippen LogP contribution in [0.2, 0.25) is 0 Å². The first-order valence-electron chi connectivity index (χ1n) is 6.85. The van der Waals surface area contributed by atoms with Gasteiger partial charge in [0.2, 0.25) is 5.88 Å². The van der Waals surface area contributed by atoms with Gasteiger partial charge in [0.15, 0.2) is 0 Å². The molecule has 1 aromatic carbocycles. The zero-order chi connectivity index (χ0) is 15.5. The van der Waals surface area contributed by atoms with Gasteiger partial charge in [-0.1, -0.05) is 18.2 Å². The normalized spacial score (nSPS) is 11.6. The summed E-state index contributed by atoms with van der Waals surface area (Å²) in [6, 6.07) is 9.30. The maximum atomic E-state index is 7.69. The molecule has 5 nitrogen and oxygen atoms in total. The Balaban J connectivity index is 2.23. The first-order valence-corrected chi connectivity index (χ1v) is 6.85. The van der Waals surface area contributed by atoms with Gasteiger partial charge >= 0.3 is 0 Å². The van der Waals surface area contributed by atoms with Crippen molar-refractivity contribution in [3.63, 3.8) is 0 Å². The maximum absolute atomic E-state index is 7.69. The Kier molecular flexibility index (Phi) is 4.43. The molecular formula is C16H21N3O2. The summed E-state index contributed by atoms with van der Waals surface area (Å²) in [4.78, 5) is 4.45. The van der Waals surface area contributed by atoms with Crippen molar-refractivity contribution in [2.45, 2.75) is 25.9 Å². The maximum Gasteiger partial charge on any atom is 0.214 e. The molecule has 21 heavy (non-hydrogen) atoms. The number of nitrogens with two attached hydrogens (primary N) is 1. The zero-order valence-corrected chi connectivity index (χ0v) is 12.6. The van der Waals surface area contributed by atoms with Crippen LogP contribution in [0, 0.1) is 5.41 Å². The first kappa shape index (κ1) is 15.3. The minimum Gasteiger partial charge on any atom is -0.478 e. The second kappa shape index (κ2) is 6.10. The van der Waals surface area contributed by atoms with Crippen molar-refractivity contribution in [3.05, 3.63) is 35.9 Å². The number of pyridine rings is 1. The van der Waals surface area contributed by atoms with Crippen LogP contribution in [0.1, 0.15) is 25.8 Å². The Hall–Kier alpha value is -2.14. The van der Waals surface area contributed by atoms with Gasteiger partial charge in [0.05, 0.1) is 17.7 Å². The molecule has 2 aromatic rings. The molecular weight excluding hydrogens is 266 g/mol. The molecule has 3 N–H and O–H groups in total. The number of nitrogens with zero attached hydrogens (tertiary/aromatic N) is 1. The van der Waals surface area contributed by atoms with Crippen LogP contribution < -0.4 is 10.5 Å². The number of hydrogen-bond acceptors (Lipinski definition) is 4. The van der Waals surface area contributed by atoms with E-state index in [0.717, 1.165) is 17.3 Å². The third-order valence-electron chi connectivity index (χ3n) is 3.49. The summed E-state index contributed by atoms with van der Waals surface area (Å²) in [5, 5.41) is 8.55. The van der Waals surface area contributed by atoms with E-state index in [0.29, 0.717) is 18.1 Å². The van der Waals surface area contributed by atoms with Crippen LogP contribution in [0.3, 0.4) is 0 Å². The topological polar surface area (TPSA) is 81.2 Å². The summed E-state index contributed by atoms with van der Waals surface area (Å²) in [5.74, 6) is 0.487. The molecule has 0 aliphatic rings. The van der Waals surface area contributed by atoms with Crippen LogP contribution >= 0.6 is 0 Å². The Morgan fingerprint density at radius 2 is 2.05 bits per heavy atom. The summed E-state index contributed by atoms with van der Waals surface area (Å²) in [6.07, 6.45) is 0.743. The first-order chi connectivity index (χ1) is 9.93. The van der Waals surface area contributed by atoms with Crippen LogP contribution in [0.5, 0.6) is 5.88 Å². The van der Waals surface area contributed by atoms with Gasteiger partial charge in [-0.25, -0.2) is 4.98 Å². The van der Waals surface area contributed by atoms with Gasteiger partial charge in [0.25, 0.3) is 0 Å². The predicted octanol–water partition coefficient (Wildman–Crippen LogP) is 2.71. The highest BCUT2D eigenvalue weighted by atomic mass is 16.5. The van der Waals surface area contributed by atoms with E-state index in [-0.39, 0.29) is 11.4 Å². The Morgan fingerprint density at radius 3 is 2.71 bits per heavy atom. The van der Waals surface area contributed by atoms with Crippen LogP contribution in [-0.4, -0.2) is 30.1 Å². The zero-order valence-electron chi connectivity index (χ0n) is 12.6. The standard InChI is InChI=1S/C16H21N3O2/c1-16(2,20-3)8-9-21-14-10-12(15(17)18)11-6-4-5-7-13(11)19-14/h4-7,10H,8-9H2,1-3H3,(H3,17,18). The quantitative estimate of drug-likeness (QED) is 0.632. The molecule has 5 heteroatoms. The number of hydrogen-bond donors (Lipinski definition) is 2. The minimum atomic E-state index is -0.236. The molecule has 1 heterocycles. The van der Waals surface area contributed by atoms with Crippen molar-refractivity contribution in [1.82, 2.24) is 4.98 Å². The summed E-state index contributed by atoms with van der Waals surface area (Å²) >= 11 is 0. The molecule has 0 aliphatic carbocycles. The van der Waals surface area contributed by atoms with E-state index >= 15 is 0 Å². The fraction of sp³-hybridized carbons (Fsp3) is 0.375. The smallest absolute Gasteiger partial charge is 0.214 e. The lowest BCUT2D eigenvalue weighted by molar-refractivity contribution is 0.00511. The highest BCUT2D eigenvalue weighted by Gasteiger charge is 2.16. The molecule has 0 saturated heterocycles. The highest BCUT2D eigenvalue weighted by molar-refractivity contribution is 6.06. The average Bonchev–Trinajstić information content (AvgIpc) is 2.46. The molecule has 112 valence electrons. The third-order valence-corrected chi connectivity index (χ3v) is 3.49. The summed E-state index contributed by atoms with van der Waals surface area (Å²) in [7, 11) is 1.68. The largest absolute Gasteiger partial charge is 0.478 e. The number of fused-ring (bicyclic) bond motifs is 1. The molecule has 0 saturated carbocycles. The predicted molar refractivity (Wildman–Crippen MR) is 84.0 cm³/mol. The molecule has 2 rings (SSSR count). The number of benzene rings is 1. The number of methoxy groups -OCH3 is 1. The Bertz CT molecular complexity index is 653. The van der Waals surface area contributed by atoms with E-state index in [4.69, 9.17) is 20.6 Å². The van der Waals surface area contributed by atoms with Crippen molar-refractivity contribution in [2.75, 3.05) is 13.7 Å². The highest BCUT2D eigenvalue weighted by Crippen LogP contribution is 2.22. The van der Waals surface area contributed by atoms with Crippen LogP contribution in [0.4, 0.5) is 0 Å². The van der Waals surface area contributed by atoms with Crippen molar-refractivity contribution in [2.24, 2.45) is 5.73 Å². The molecule has 0 bridgehead atoms. The fourth-order valence-corrected chi connectivity index (χ4v) is 1.95. The summed E-state index contributed by atoms with van der Waals surface area (Å²) in [6.45, 7) is 4.50. The van der Waals surface area contributed by atoms with Crippen LogP contribution in [0.15, 0.2) is 30.3 Å². The molecule has 0 unspecified atom stereocenters. The number of rotatable bonds is 6. The summed E-state index contributed by atoms with van der Waals surface area (Å²) < 4.78 is 11.1. The van der Waals surface area contributed by atoms with Crippen molar-refractivity contribution in [1.29, 1.82) is 5.41 Å². The molecule has 0 amide bonds. The van der Waals surface area contributed by atoms with Crippen LogP contribution in [0.25, 0.3) is 10.9 Å². The van der Waals surface area contributed by atoms with Gasteiger partial charge in [0.1, 0.15) is 5.84 Å². The average molecular weight is 287 g/mol. The number of para-hydroxylation sites is 1. The molecule has 0 aliphatic heterocycles. The van der Waals surface area contributed by atoms with E-state index < -0.39 is 0 Å². The molecule has 0 atom stereocenters. The number of ether oxygens (including phenoxy) is 2. The minimum absolute atomic E-state index is 0.00988. The molecule has 1 aromatic heterocycles. The number of aromatic nitrogens is 1. The van der Waals surface area contributed by atoms with Gasteiger partial charge in [-0.05, 0) is 19.9 Å². The monoisotopic (exact) mass is 287 g/mol. The van der Waals surface area contributed by atoms with E-state index in [1.807, 2.05) is 38.1 Å². The van der Waals surface area contributed by atoms with E-state index in [2.05, 4.69) is 4.98 Å². The van der Waals surface area contributed by atoms with E-state index in [1.54, 1.807) is 13.2 Å². The Morgan fingerprint density at radius 1 is 1.33 bits per heavy atom. The second-order valence-electron chi connectivity index (χ2n) is 5.50. The second-order valence-corrected chi connectivity index (χ2v) is 5.50. The Labute approximate surface area is 124 Å². The number of nitrogens with one attached hydrogen (secondary N) is 1. The van der Waals surface area contributed by atoms with Gasteiger partial charge in [0, 0.05) is 30.5 Å². The number of amidine groups is 1. The van der Waals surface area contributed by atoms with Crippen LogP contribution in [-0.2, 0) is 4.74 Å². The lowest BCUT2D eigenvalue weighted by atomic mass is 10.1. The van der Waals surface area contributed by atoms with Crippen molar-refractivity contribution < 1.29 is 9.47 Å². The summed E-state index contributed by atoms with van der Waals surface area (Å²) in [5.41, 5.74) is 6.82. The van der Waals surface area contributed by atoms with E-state index in [9.17, 15) is 0 Å². The third kappa shape index (κ3) is 3.70. The van der Waals surface area contributed by atoms with Gasteiger partial charge < -0.3 is 15.2 Å². The van der Waals surface area contributed by atoms with Crippen molar-refractivity contribution in [3.8, 4) is 5.88 Å². The molecule has 0 fully saturated rings. The number of nitrogen functional groups attached to an aromatic ring is 1. The fourth-order valence-electron chi connectivity index (χ4n) is 1.95. The lowest BCUT2D eigenvalue weighted by Crippen LogP contribution is -2.25. The van der Waals surface area contributed by atoms with Gasteiger partial charge in [-0.15, -0.1) is 0 Å². The SMILES string of the molecule is COC(C)(C)CCOc1cc(C(=N)N)c2ccccc2n1. The van der Waals surface area contributed by atoms with E-state index in [1.165, 1.54) is 0 Å². The van der Waals surface area contributed by atoms with Crippen molar-refractivity contribution >= 4 is 16.7 Å².